The van der Waals surface area contributed by atoms with Crippen molar-refractivity contribution in [3.05, 3.63) is 223 Å². The van der Waals surface area contributed by atoms with E-state index in [9.17, 15) is 5.26 Å². The highest BCUT2D eigenvalue weighted by Gasteiger charge is 2.30. The summed E-state index contributed by atoms with van der Waals surface area (Å²) in [6.45, 7) is 9.00. The maximum Gasteiger partial charge on any atom is 0.212 e. The van der Waals surface area contributed by atoms with Crippen molar-refractivity contribution in [1.29, 1.82) is 5.26 Å². The molecule has 6 nitrogen and oxygen atoms in total. The van der Waals surface area contributed by atoms with Gasteiger partial charge in [-0.2, -0.15) is 5.26 Å². The summed E-state index contributed by atoms with van der Waals surface area (Å²) in [5.74, 6) is 0. The molecular weight excluding hydrogens is 833 g/mol. The second-order valence-corrected chi connectivity index (χ2v) is 17.3. The van der Waals surface area contributed by atoms with Crippen LogP contribution in [0, 0.1) is 17.9 Å². The molecule has 0 radical (unpaired) electrons. The van der Waals surface area contributed by atoms with Crippen LogP contribution in [0.4, 0.5) is 5.69 Å². The quantitative estimate of drug-likeness (QED) is 0.162. The Hall–Kier alpha value is -9.62. The van der Waals surface area contributed by atoms with Gasteiger partial charge in [0.25, 0.3) is 0 Å². The largest absolute Gasteiger partial charge is 0.456 e. The third-order valence-electron chi connectivity index (χ3n) is 13.8. The zero-order valence-corrected chi connectivity index (χ0v) is 36.2. The number of benzene rings is 10. The van der Waals surface area contributed by atoms with Crippen LogP contribution in [0.1, 0.15) is 5.56 Å². The number of hydrogen-bond donors (Lipinski definition) is 0. The second kappa shape index (κ2) is 14.4. The van der Waals surface area contributed by atoms with Gasteiger partial charge in [-0.3, -0.25) is 0 Å². The molecule has 0 aliphatic heterocycles. The maximum atomic E-state index is 11.5. The molecule has 0 spiro atoms. The molecule has 314 valence electrons. The first-order chi connectivity index (χ1) is 33.7. The lowest BCUT2D eigenvalue weighted by molar-refractivity contribution is 0.669. The number of nitrogens with zero attached hydrogens (tertiary/aromatic N) is 4. The van der Waals surface area contributed by atoms with Crippen molar-refractivity contribution in [2.24, 2.45) is 0 Å². The number of furan rings is 2. The van der Waals surface area contributed by atoms with Gasteiger partial charge in [0.1, 0.15) is 28.4 Å². The molecule has 0 aliphatic carbocycles. The molecule has 4 aromatic heterocycles. The zero-order chi connectivity index (χ0) is 45.0. The van der Waals surface area contributed by atoms with E-state index in [1.807, 2.05) is 66.7 Å². The molecule has 14 aromatic rings. The highest BCUT2D eigenvalue weighted by atomic mass is 16.3. The van der Waals surface area contributed by atoms with Crippen LogP contribution in [0.5, 0.6) is 0 Å². The van der Waals surface area contributed by atoms with E-state index >= 15 is 0 Å². The molecule has 0 bridgehead atoms. The van der Waals surface area contributed by atoms with E-state index in [4.69, 9.17) is 15.4 Å². The van der Waals surface area contributed by atoms with E-state index in [1.165, 1.54) is 0 Å². The lowest BCUT2D eigenvalue weighted by Crippen LogP contribution is -2.07. The Bertz CT molecular complexity index is 4230. The smallest absolute Gasteiger partial charge is 0.212 e. The van der Waals surface area contributed by atoms with Crippen molar-refractivity contribution in [1.82, 2.24) is 9.13 Å². The lowest BCUT2D eigenvalue weighted by Gasteiger charge is -2.23. The molecule has 0 saturated heterocycles. The van der Waals surface area contributed by atoms with Crippen LogP contribution in [-0.2, 0) is 0 Å². The van der Waals surface area contributed by atoms with Crippen molar-refractivity contribution in [2.45, 2.75) is 0 Å². The van der Waals surface area contributed by atoms with Crippen molar-refractivity contribution < 1.29 is 8.83 Å². The lowest BCUT2D eigenvalue weighted by atomic mass is 9.95. The third-order valence-corrected chi connectivity index (χ3v) is 13.8. The van der Waals surface area contributed by atoms with E-state index in [-0.39, 0.29) is 0 Å². The minimum Gasteiger partial charge on any atom is -0.456 e. The van der Waals surface area contributed by atoms with Gasteiger partial charge in [0.2, 0.25) is 5.69 Å². The van der Waals surface area contributed by atoms with Crippen molar-refractivity contribution in [2.75, 3.05) is 0 Å². The Balaban J connectivity index is 1.22. The molecule has 6 heteroatoms. The van der Waals surface area contributed by atoms with Crippen molar-refractivity contribution in [3.8, 4) is 50.8 Å². The Labute approximate surface area is 388 Å². The summed E-state index contributed by atoms with van der Waals surface area (Å²) < 4.78 is 17.8. The third kappa shape index (κ3) is 5.31. The standard InChI is InChI=1S/C62H34N4O2/c1-64-49-35-42(36-63)59(65-50-29-25-40(37-15-5-2-6-16-37)33-47(50)43-27-31-54-57(60(43)65)45-21-11-13-23-52(45)67-54)56(39-19-9-4-10-20-39)62(49)66-51-30-26-41(38-17-7-3-8-18-38)34-48(51)44-28-32-55-58(61(44)66)46-22-12-14-24-53(46)68-55/h2-35H. The average molecular weight is 867 g/mol. The summed E-state index contributed by atoms with van der Waals surface area (Å²) in [6, 6.07) is 73.5. The van der Waals surface area contributed by atoms with Crippen LogP contribution in [-0.4, -0.2) is 9.13 Å². The Morgan fingerprint density at radius 3 is 1.34 bits per heavy atom. The van der Waals surface area contributed by atoms with Gasteiger partial charge < -0.3 is 18.0 Å². The molecule has 14 rings (SSSR count). The first-order valence-electron chi connectivity index (χ1n) is 22.6. The van der Waals surface area contributed by atoms with Crippen molar-refractivity contribution >= 4 is 93.2 Å². The number of aromatic nitrogens is 2. The molecular formula is C62H34N4O2. The fourth-order valence-corrected chi connectivity index (χ4v) is 10.9. The summed E-state index contributed by atoms with van der Waals surface area (Å²) >= 11 is 0. The van der Waals surface area contributed by atoms with E-state index < -0.39 is 0 Å². The summed E-state index contributed by atoms with van der Waals surface area (Å²) in [5.41, 5.74) is 14.8. The first kappa shape index (κ1) is 37.7. The van der Waals surface area contributed by atoms with Crippen molar-refractivity contribution in [3.63, 3.8) is 0 Å². The molecule has 0 atom stereocenters. The minimum atomic E-state index is 0.353. The SMILES string of the molecule is [C-]#[N+]c1cc(C#N)c(-n2c3ccc(-c4ccccc4)cc3c3ccc4oc5ccccc5c4c32)c(-c2ccccc2)c1-n1c2ccc(-c3ccccc3)cc2c2ccc3oc4ccccc4c3c21. The molecule has 4 heterocycles. The molecule has 0 saturated carbocycles. The Morgan fingerprint density at radius 1 is 0.397 bits per heavy atom. The van der Waals surface area contributed by atoms with Crippen LogP contribution in [0.15, 0.2) is 215 Å². The highest BCUT2D eigenvalue weighted by Crippen LogP contribution is 2.51. The van der Waals surface area contributed by atoms with Gasteiger partial charge in [-0.1, -0.05) is 140 Å². The van der Waals surface area contributed by atoms with Crippen LogP contribution in [0.2, 0.25) is 0 Å². The topological polar surface area (TPSA) is 64.3 Å². The number of fused-ring (bicyclic) bond motifs is 14. The minimum absolute atomic E-state index is 0.353. The van der Waals surface area contributed by atoms with Crippen LogP contribution in [0.25, 0.3) is 137 Å². The first-order valence-corrected chi connectivity index (χ1v) is 22.6. The van der Waals surface area contributed by atoms with E-state index in [2.05, 4.69) is 154 Å². The number of hydrogen-bond acceptors (Lipinski definition) is 3. The summed E-state index contributed by atoms with van der Waals surface area (Å²) in [7, 11) is 0. The van der Waals surface area contributed by atoms with Gasteiger partial charge in [0.05, 0.1) is 56.3 Å². The average Bonchev–Trinajstić information content (AvgIpc) is 4.16. The number of nitriles is 1. The van der Waals surface area contributed by atoms with Gasteiger partial charge in [-0.05, 0) is 94.5 Å². The Morgan fingerprint density at radius 2 is 0.853 bits per heavy atom. The maximum absolute atomic E-state index is 11.5. The van der Waals surface area contributed by atoms with Gasteiger partial charge in [0, 0.05) is 37.9 Å². The van der Waals surface area contributed by atoms with Gasteiger partial charge in [-0.25, -0.2) is 4.85 Å². The molecule has 10 aromatic carbocycles. The van der Waals surface area contributed by atoms with Crippen LogP contribution < -0.4 is 0 Å². The van der Waals surface area contributed by atoms with Gasteiger partial charge in [-0.15, -0.1) is 0 Å². The monoisotopic (exact) mass is 866 g/mol. The fourth-order valence-electron chi connectivity index (χ4n) is 10.9. The zero-order valence-electron chi connectivity index (χ0n) is 36.2. The fraction of sp³-hybridized carbons (Fsp3) is 0. The highest BCUT2D eigenvalue weighted by molar-refractivity contribution is 6.27. The van der Waals surface area contributed by atoms with E-state index in [0.717, 1.165) is 121 Å². The summed E-state index contributed by atoms with van der Waals surface area (Å²) in [5, 5.41) is 19.5. The molecule has 0 fully saturated rings. The van der Waals surface area contributed by atoms with Crippen LogP contribution >= 0.6 is 0 Å². The van der Waals surface area contributed by atoms with Gasteiger partial charge in [0.15, 0.2) is 0 Å². The Kier molecular flexibility index (Phi) is 8.01. The van der Waals surface area contributed by atoms with E-state index in [0.29, 0.717) is 22.6 Å². The second-order valence-electron chi connectivity index (χ2n) is 17.3. The number of para-hydroxylation sites is 2. The van der Waals surface area contributed by atoms with Gasteiger partial charge >= 0.3 is 0 Å². The normalized spacial score (nSPS) is 11.8. The predicted octanol–water partition coefficient (Wildman–Crippen LogP) is 17.1. The predicted molar refractivity (Wildman–Crippen MR) is 277 cm³/mol. The molecule has 0 amide bonds. The molecule has 0 N–H and O–H groups in total. The summed E-state index contributed by atoms with van der Waals surface area (Å²) in [6.07, 6.45) is 0. The van der Waals surface area contributed by atoms with E-state index in [1.54, 1.807) is 6.07 Å². The summed E-state index contributed by atoms with van der Waals surface area (Å²) in [4.78, 5) is 4.34. The van der Waals surface area contributed by atoms with Crippen LogP contribution in [0.3, 0.4) is 0 Å². The molecule has 0 aliphatic rings. The molecule has 68 heavy (non-hydrogen) atoms. The molecule has 0 unspecified atom stereocenters. The number of rotatable bonds is 5.